The monoisotopic (exact) mass is 265 g/mol. The number of aliphatic hydroxyl groups excluding tert-OH is 2. The zero-order valence-electron chi connectivity index (χ0n) is 10.9. The van der Waals surface area contributed by atoms with Crippen molar-refractivity contribution in [2.24, 2.45) is 0 Å². The van der Waals surface area contributed by atoms with Crippen molar-refractivity contribution in [1.29, 1.82) is 0 Å². The Hall–Kier alpha value is -1.43. The van der Waals surface area contributed by atoms with Gasteiger partial charge in [0.25, 0.3) is 0 Å². The lowest BCUT2D eigenvalue weighted by atomic mass is 10.1. The highest BCUT2D eigenvalue weighted by Gasteiger charge is 2.42. The fourth-order valence-corrected chi connectivity index (χ4v) is 2.57. The molecule has 104 valence electrons. The summed E-state index contributed by atoms with van der Waals surface area (Å²) in [6.45, 7) is 1.98. The van der Waals surface area contributed by atoms with Gasteiger partial charge in [0.15, 0.2) is 0 Å². The fourth-order valence-electron chi connectivity index (χ4n) is 2.57. The Kier molecular flexibility index (Phi) is 4.19. The van der Waals surface area contributed by atoms with Crippen molar-refractivity contribution in [3.05, 3.63) is 35.4 Å². The summed E-state index contributed by atoms with van der Waals surface area (Å²) >= 11 is 0. The minimum atomic E-state index is -1.07. The molecule has 3 unspecified atom stereocenters. The van der Waals surface area contributed by atoms with Gasteiger partial charge in [0.05, 0.1) is 0 Å². The molecule has 0 aliphatic carbocycles. The van der Waals surface area contributed by atoms with E-state index < -0.39 is 24.5 Å². The highest BCUT2D eigenvalue weighted by molar-refractivity contribution is 5.73. The summed E-state index contributed by atoms with van der Waals surface area (Å²) in [5.41, 5.74) is 1.16. The Bertz CT molecular complexity index is 434. The van der Waals surface area contributed by atoms with Gasteiger partial charge in [0, 0.05) is 11.1 Å². The van der Waals surface area contributed by atoms with E-state index in [0.29, 0.717) is 17.5 Å². The highest BCUT2D eigenvalue weighted by Crippen LogP contribution is 2.41. The molecule has 0 spiro atoms. The first-order valence-corrected chi connectivity index (χ1v) is 6.53. The van der Waals surface area contributed by atoms with Crippen LogP contribution in [0.2, 0.25) is 0 Å². The number of carboxylic acids is 1. The van der Waals surface area contributed by atoms with E-state index in [1.807, 2.05) is 6.92 Å². The number of carbonyl (C=O) groups is 1. The van der Waals surface area contributed by atoms with Crippen LogP contribution in [0.1, 0.15) is 49.8 Å². The predicted octanol–water partition coefficient (Wildman–Crippen LogP) is 1.63. The number of benzene rings is 1. The zero-order valence-corrected chi connectivity index (χ0v) is 10.9. The smallest absolute Gasteiger partial charge is 0.321 e. The van der Waals surface area contributed by atoms with Gasteiger partial charge in [0.1, 0.15) is 18.5 Å². The first-order valence-electron chi connectivity index (χ1n) is 6.53. The Morgan fingerprint density at radius 1 is 1.26 bits per heavy atom. The molecule has 0 aromatic heterocycles. The lowest BCUT2D eigenvalue weighted by Crippen LogP contribution is -2.42. The zero-order chi connectivity index (χ0) is 14.0. The van der Waals surface area contributed by atoms with Gasteiger partial charge >= 0.3 is 5.97 Å². The van der Waals surface area contributed by atoms with Crippen LogP contribution in [0.3, 0.4) is 0 Å². The number of aliphatic hydroxyl groups is 2. The molecule has 5 heteroatoms. The van der Waals surface area contributed by atoms with Crippen LogP contribution in [0.25, 0.3) is 0 Å². The topological polar surface area (TPSA) is 81.0 Å². The number of unbranched alkanes of at least 4 members (excludes halogenated alkanes) is 1. The van der Waals surface area contributed by atoms with Crippen LogP contribution in [0, 0.1) is 0 Å². The predicted molar refractivity (Wildman–Crippen MR) is 69.1 cm³/mol. The highest BCUT2D eigenvalue weighted by atomic mass is 16.4. The maximum atomic E-state index is 11.4. The number of rotatable bonds is 5. The molecule has 0 saturated carbocycles. The number of fused-ring (bicyclic) bond motifs is 1. The first-order chi connectivity index (χ1) is 9.07. The van der Waals surface area contributed by atoms with Crippen molar-refractivity contribution in [1.82, 2.24) is 4.90 Å². The molecule has 1 aliphatic heterocycles. The minimum Gasteiger partial charge on any atom is -0.480 e. The molecule has 3 atom stereocenters. The molecule has 1 aromatic rings. The second-order valence-corrected chi connectivity index (χ2v) is 4.82. The Morgan fingerprint density at radius 2 is 1.79 bits per heavy atom. The van der Waals surface area contributed by atoms with Crippen molar-refractivity contribution < 1.29 is 20.1 Å². The standard InChI is InChI=1S/C14H19NO4/c1-2-3-8-11(14(18)19)15-12(16)9-6-4-5-7-10(9)13(15)17/h4-7,11-13,16-17H,2-3,8H2,1H3,(H,18,19). The Labute approximate surface area is 112 Å². The van der Waals surface area contributed by atoms with Crippen LogP contribution in [-0.4, -0.2) is 32.2 Å². The van der Waals surface area contributed by atoms with Crippen molar-refractivity contribution in [2.45, 2.75) is 44.7 Å². The van der Waals surface area contributed by atoms with Crippen LogP contribution in [0.15, 0.2) is 24.3 Å². The van der Waals surface area contributed by atoms with E-state index in [2.05, 4.69) is 0 Å². The number of hydrogen-bond donors (Lipinski definition) is 3. The van der Waals surface area contributed by atoms with Gasteiger partial charge in [-0.25, -0.2) is 4.90 Å². The molecule has 2 rings (SSSR count). The third kappa shape index (κ3) is 2.49. The van der Waals surface area contributed by atoms with Crippen LogP contribution < -0.4 is 0 Å². The number of nitrogens with zero attached hydrogens (tertiary/aromatic N) is 1. The third-order valence-corrected chi connectivity index (χ3v) is 3.59. The summed E-state index contributed by atoms with van der Waals surface area (Å²) in [5, 5.41) is 29.8. The lowest BCUT2D eigenvalue weighted by Gasteiger charge is -2.30. The van der Waals surface area contributed by atoms with E-state index >= 15 is 0 Å². The van der Waals surface area contributed by atoms with Crippen LogP contribution in [0.4, 0.5) is 0 Å². The summed E-state index contributed by atoms with van der Waals surface area (Å²) in [6.07, 6.45) is -0.109. The van der Waals surface area contributed by atoms with Crippen molar-refractivity contribution in [3.8, 4) is 0 Å². The molecule has 19 heavy (non-hydrogen) atoms. The summed E-state index contributed by atoms with van der Waals surface area (Å²) in [7, 11) is 0. The van der Waals surface area contributed by atoms with Crippen molar-refractivity contribution >= 4 is 5.97 Å². The van der Waals surface area contributed by atoms with Gasteiger partial charge in [-0.3, -0.25) is 4.79 Å². The quantitative estimate of drug-likeness (QED) is 0.754. The second kappa shape index (κ2) is 5.69. The SMILES string of the molecule is CCCCC(C(=O)O)N1C(O)c2ccccc2C1O. The fraction of sp³-hybridized carbons (Fsp3) is 0.500. The Morgan fingerprint density at radius 3 is 2.21 bits per heavy atom. The van der Waals surface area contributed by atoms with E-state index in [0.717, 1.165) is 12.8 Å². The number of aliphatic carboxylic acids is 1. The maximum Gasteiger partial charge on any atom is 0.321 e. The van der Waals surface area contributed by atoms with Gasteiger partial charge in [-0.05, 0) is 6.42 Å². The minimum absolute atomic E-state index is 0.411. The van der Waals surface area contributed by atoms with Gasteiger partial charge in [0.2, 0.25) is 0 Å². The maximum absolute atomic E-state index is 11.4. The summed E-state index contributed by atoms with van der Waals surface area (Å²) < 4.78 is 0. The average molecular weight is 265 g/mol. The molecular weight excluding hydrogens is 246 g/mol. The number of hydrogen-bond acceptors (Lipinski definition) is 4. The molecule has 0 bridgehead atoms. The van der Waals surface area contributed by atoms with Crippen LogP contribution >= 0.6 is 0 Å². The molecule has 0 fully saturated rings. The molecule has 0 amide bonds. The van der Waals surface area contributed by atoms with E-state index in [1.54, 1.807) is 24.3 Å². The summed E-state index contributed by atoms with van der Waals surface area (Å²) in [5.74, 6) is -1.01. The first kappa shape index (κ1) is 14.0. The molecule has 1 heterocycles. The van der Waals surface area contributed by atoms with Gasteiger partial charge in [-0.15, -0.1) is 0 Å². The van der Waals surface area contributed by atoms with Crippen LogP contribution in [-0.2, 0) is 4.79 Å². The third-order valence-electron chi connectivity index (χ3n) is 3.59. The molecule has 1 aliphatic rings. The Balaban J connectivity index is 2.28. The van der Waals surface area contributed by atoms with Gasteiger partial charge < -0.3 is 15.3 Å². The number of carboxylic acid groups (broad SMARTS) is 1. The van der Waals surface area contributed by atoms with Gasteiger partial charge in [-0.2, -0.15) is 0 Å². The summed E-state index contributed by atoms with van der Waals surface area (Å²) in [6, 6.07) is 6.07. The molecular formula is C14H19NO4. The second-order valence-electron chi connectivity index (χ2n) is 4.82. The lowest BCUT2D eigenvalue weighted by molar-refractivity contribution is -0.162. The molecule has 0 saturated heterocycles. The summed E-state index contributed by atoms with van der Waals surface area (Å²) in [4.78, 5) is 12.6. The largest absolute Gasteiger partial charge is 0.480 e. The van der Waals surface area contributed by atoms with Crippen molar-refractivity contribution in [3.63, 3.8) is 0 Å². The molecule has 0 radical (unpaired) electrons. The van der Waals surface area contributed by atoms with E-state index in [9.17, 15) is 20.1 Å². The van der Waals surface area contributed by atoms with E-state index in [1.165, 1.54) is 4.90 Å². The molecule has 3 N–H and O–H groups in total. The average Bonchev–Trinajstić information content (AvgIpc) is 2.64. The van der Waals surface area contributed by atoms with E-state index in [4.69, 9.17) is 0 Å². The molecule has 5 nitrogen and oxygen atoms in total. The normalized spacial score (nSPS) is 24.2. The van der Waals surface area contributed by atoms with Crippen LogP contribution in [0.5, 0.6) is 0 Å². The van der Waals surface area contributed by atoms with Crippen molar-refractivity contribution in [2.75, 3.05) is 0 Å². The van der Waals surface area contributed by atoms with Gasteiger partial charge in [-0.1, -0.05) is 44.0 Å². The molecule has 1 aromatic carbocycles. The van der Waals surface area contributed by atoms with E-state index in [-0.39, 0.29) is 0 Å².